The predicted molar refractivity (Wildman–Crippen MR) is 127 cm³/mol. The van der Waals surface area contributed by atoms with Gasteiger partial charge < -0.3 is 14.4 Å². The third-order valence-electron chi connectivity index (χ3n) is 5.46. The lowest BCUT2D eigenvalue weighted by Gasteiger charge is -2.31. The van der Waals surface area contributed by atoms with E-state index in [-0.39, 0.29) is 5.25 Å². The van der Waals surface area contributed by atoms with Gasteiger partial charge in [0.2, 0.25) is 0 Å². The van der Waals surface area contributed by atoms with E-state index in [9.17, 15) is 8.42 Å². The average molecular weight is 523 g/mol. The van der Waals surface area contributed by atoms with Crippen molar-refractivity contribution in [3.8, 4) is 22.8 Å². The fourth-order valence-electron chi connectivity index (χ4n) is 3.71. The molecule has 0 bridgehead atoms. The highest BCUT2D eigenvalue weighted by molar-refractivity contribution is 9.10. The first-order valence-corrected chi connectivity index (χ1v) is 13.1. The van der Waals surface area contributed by atoms with Gasteiger partial charge in [-0.05, 0) is 55.3 Å². The highest BCUT2D eigenvalue weighted by Crippen LogP contribution is 2.35. The van der Waals surface area contributed by atoms with Gasteiger partial charge in [-0.15, -0.1) is 11.3 Å². The Hall–Kier alpha value is -2.10. The number of piperidine rings is 1. The maximum Gasteiger partial charge on any atom is 0.185 e. The number of methoxy groups -OCH3 is 2. The summed E-state index contributed by atoms with van der Waals surface area (Å²) >= 11 is 4.92. The van der Waals surface area contributed by atoms with Crippen LogP contribution in [-0.4, -0.2) is 46.0 Å². The number of benzene rings is 2. The summed E-state index contributed by atoms with van der Waals surface area (Å²) in [6, 6.07) is 12.6. The molecule has 0 N–H and O–H groups in total. The van der Waals surface area contributed by atoms with Gasteiger partial charge in [0.15, 0.2) is 26.5 Å². The number of ether oxygens (including phenoxy) is 2. The molecule has 1 aromatic heterocycles. The Labute approximate surface area is 194 Å². The first kappa shape index (κ1) is 22.1. The van der Waals surface area contributed by atoms with Gasteiger partial charge >= 0.3 is 0 Å². The number of nitrogens with zero attached hydrogens (tertiary/aromatic N) is 2. The van der Waals surface area contributed by atoms with Crippen LogP contribution in [0.3, 0.4) is 0 Å². The highest BCUT2D eigenvalue weighted by Gasteiger charge is 2.32. The molecule has 2 heterocycles. The van der Waals surface area contributed by atoms with Crippen LogP contribution in [0, 0.1) is 0 Å². The van der Waals surface area contributed by atoms with Crippen LogP contribution in [0.4, 0.5) is 5.13 Å². The topological polar surface area (TPSA) is 68.7 Å². The van der Waals surface area contributed by atoms with Crippen LogP contribution in [0.15, 0.2) is 57.2 Å². The summed E-state index contributed by atoms with van der Waals surface area (Å²) in [6.07, 6.45) is 1.17. The smallest absolute Gasteiger partial charge is 0.185 e. The van der Waals surface area contributed by atoms with E-state index >= 15 is 0 Å². The first-order valence-electron chi connectivity index (χ1n) is 9.84. The zero-order chi connectivity index (χ0) is 22.0. The molecule has 0 aliphatic carbocycles. The lowest BCUT2D eigenvalue weighted by molar-refractivity contribution is 0.355. The van der Waals surface area contributed by atoms with Crippen molar-refractivity contribution in [1.29, 1.82) is 0 Å². The van der Waals surface area contributed by atoms with E-state index < -0.39 is 9.84 Å². The molecular formula is C22H23BrN2O4S2. The molecule has 4 rings (SSSR count). The average Bonchev–Trinajstić information content (AvgIpc) is 3.29. The second kappa shape index (κ2) is 9.18. The maximum atomic E-state index is 13.0. The van der Waals surface area contributed by atoms with Crippen molar-refractivity contribution in [2.24, 2.45) is 0 Å². The number of rotatable bonds is 6. The summed E-state index contributed by atoms with van der Waals surface area (Å²) in [5.74, 6) is 1.34. The Morgan fingerprint density at radius 3 is 2.35 bits per heavy atom. The molecule has 0 saturated carbocycles. The predicted octanol–water partition coefficient (Wildman–Crippen LogP) is 5.03. The van der Waals surface area contributed by atoms with Crippen molar-refractivity contribution in [2.75, 3.05) is 32.2 Å². The van der Waals surface area contributed by atoms with Gasteiger partial charge in [-0.3, -0.25) is 0 Å². The molecular weight excluding hydrogens is 500 g/mol. The van der Waals surface area contributed by atoms with Gasteiger partial charge in [-0.2, -0.15) is 0 Å². The Bertz CT molecular complexity index is 1150. The van der Waals surface area contributed by atoms with Crippen molar-refractivity contribution in [3.05, 3.63) is 52.3 Å². The van der Waals surface area contributed by atoms with Crippen molar-refractivity contribution < 1.29 is 17.9 Å². The summed E-state index contributed by atoms with van der Waals surface area (Å²) in [6.45, 7) is 1.33. The van der Waals surface area contributed by atoms with Gasteiger partial charge in [0.1, 0.15) is 0 Å². The van der Waals surface area contributed by atoms with Gasteiger partial charge in [0.25, 0.3) is 0 Å². The van der Waals surface area contributed by atoms with Crippen molar-refractivity contribution in [1.82, 2.24) is 4.98 Å². The van der Waals surface area contributed by atoms with Crippen LogP contribution < -0.4 is 14.4 Å². The maximum absolute atomic E-state index is 13.0. The largest absolute Gasteiger partial charge is 0.493 e. The molecule has 164 valence electrons. The molecule has 0 unspecified atom stereocenters. The summed E-state index contributed by atoms with van der Waals surface area (Å²) in [4.78, 5) is 7.34. The highest BCUT2D eigenvalue weighted by atomic mass is 79.9. The van der Waals surface area contributed by atoms with Crippen molar-refractivity contribution in [3.63, 3.8) is 0 Å². The second-order valence-electron chi connectivity index (χ2n) is 7.27. The molecule has 1 aliphatic heterocycles. The summed E-state index contributed by atoms with van der Waals surface area (Å²) < 4.78 is 37.5. The Kier molecular flexibility index (Phi) is 6.55. The quantitative estimate of drug-likeness (QED) is 0.452. The fraction of sp³-hybridized carbons (Fsp3) is 0.318. The first-order chi connectivity index (χ1) is 14.9. The molecule has 0 spiro atoms. The molecule has 6 nitrogen and oxygen atoms in total. The number of sulfone groups is 1. The number of hydrogen-bond donors (Lipinski definition) is 0. The van der Waals surface area contributed by atoms with Crippen LogP contribution in [0.2, 0.25) is 0 Å². The molecule has 2 aromatic carbocycles. The number of halogens is 1. The van der Waals surface area contributed by atoms with Crippen LogP contribution in [0.25, 0.3) is 11.3 Å². The molecule has 0 amide bonds. The van der Waals surface area contributed by atoms with Crippen LogP contribution >= 0.6 is 27.3 Å². The molecule has 1 saturated heterocycles. The van der Waals surface area contributed by atoms with E-state index in [1.807, 2.05) is 23.6 Å². The van der Waals surface area contributed by atoms with Crippen LogP contribution in [0.5, 0.6) is 11.5 Å². The molecule has 3 aromatic rings. The normalized spacial score (nSPS) is 15.1. The van der Waals surface area contributed by atoms with Gasteiger partial charge in [-0.25, -0.2) is 13.4 Å². The summed E-state index contributed by atoms with van der Waals surface area (Å²) in [5.41, 5.74) is 1.82. The summed E-state index contributed by atoms with van der Waals surface area (Å²) in [5, 5.41) is 2.56. The lowest BCUT2D eigenvalue weighted by atomic mass is 10.1. The Balaban J connectivity index is 1.45. The van der Waals surface area contributed by atoms with E-state index in [0.29, 0.717) is 42.3 Å². The van der Waals surface area contributed by atoms with Gasteiger partial charge in [0.05, 0.1) is 30.1 Å². The van der Waals surface area contributed by atoms with E-state index in [1.54, 1.807) is 49.8 Å². The number of hydrogen-bond acceptors (Lipinski definition) is 7. The molecule has 1 aliphatic rings. The second-order valence-corrected chi connectivity index (χ2v) is 11.3. The Morgan fingerprint density at radius 1 is 1.03 bits per heavy atom. The van der Waals surface area contributed by atoms with E-state index in [1.165, 1.54) is 0 Å². The molecule has 0 radical (unpaired) electrons. The van der Waals surface area contributed by atoms with E-state index in [2.05, 4.69) is 20.8 Å². The molecule has 9 heteroatoms. The van der Waals surface area contributed by atoms with E-state index in [0.717, 1.165) is 20.9 Å². The SMILES string of the molecule is COc1ccc(-c2csc(N3CCC(S(=O)(=O)c4ccc(Br)cc4)CC3)n2)cc1OC. The number of anilines is 1. The van der Waals surface area contributed by atoms with Gasteiger partial charge in [0, 0.05) is 28.5 Å². The summed E-state index contributed by atoms with van der Waals surface area (Å²) in [7, 11) is -0.105. The zero-order valence-electron chi connectivity index (χ0n) is 17.2. The molecule has 0 atom stereocenters. The molecule has 1 fully saturated rings. The fourth-order valence-corrected chi connectivity index (χ4v) is 6.60. The monoisotopic (exact) mass is 522 g/mol. The number of thiazole rings is 1. The zero-order valence-corrected chi connectivity index (χ0v) is 20.5. The van der Waals surface area contributed by atoms with Crippen LogP contribution in [-0.2, 0) is 9.84 Å². The standard InChI is InChI=1S/C22H23BrN2O4S2/c1-28-20-8-3-15(13-21(20)29-2)19-14-30-22(24-19)25-11-9-18(10-12-25)31(26,27)17-6-4-16(23)5-7-17/h3-8,13-14,18H,9-12H2,1-2H3. The minimum Gasteiger partial charge on any atom is -0.493 e. The van der Waals surface area contributed by atoms with E-state index in [4.69, 9.17) is 14.5 Å². The molecule has 31 heavy (non-hydrogen) atoms. The third-order valence-corrected chi connectivity index (χ3v) is 9.17. The minimum absolute atomic E-state index is 0.366. The number of aromatic nitrogens is 1. The van der Waals surface area contributed by atoms with Gasteiger partial charge in [-0.1, -0.05) is 15.9 Å². The van der Waals surface area contributed by atoms with Crippen LogP contribution in [0.1, 0.15) is 12.8 Å². The van der Waals surface area contributed by atoms with Crippen molar-refractivity contribution in [2.45, 2.75) is 23.0 Å². The lowest BCUT2D eigenvalue weighted by Crippen LogP contribution is -2.39. The van der Waals surface area contributed by atoms with Crippen molar-refractivity contribution >= 4 is 42.2 Å². The third kappa shape index (κ3) is 4.58. The Morgan fingerprint density at radius 2 is 1.71 bits per heavy atom. The minimum atomic E-state index is -3.33.